The predicted octanol–water partition coefficient (Wildman–Crippen LogP) is 3.18. The summed E-state index contributed by atoms with van der Waals surface area (Å²) in [5, 5.41) is 6.51. The van der Waals surface area contributed by atoms with Gasteiger partial charge in [0, 0.05) is 18.7 Å². The number of fused-ring (bicyclic) bond motifs is 1. The molecular formula is C24H25FN4O3S. The van der Waals surface area contributed by atoms with Crippen molar-refractivity contribution >= 4 is 34.5 Å². The van der Waals surface area contributed by atoms with E-state index in [-0.39, 0.29) is 23.8 Å². The molecule has 1 aliphatic rings. The van der Waals surface area contributed by atoms with Gasteiger partial charge in [-0.15, -0.1) is 0 Å². The lowest BCUT2D eigenvalue weighted by Crippen LogP contribution is -2.45. The zero-order chi connectivity index (χ0) is 23.2. The summed E-state index contributed by atoms with van der Waals surface area (Å²) in [4.78, 5) is 42.1. The second-order valence-corrected chi connectivity index (χ2v) is 8.95. The quantitative estimate of drug-likeness (QED) is 0.316. The molecular weight excluding hydrogens is 443 g/mol. The van der Waals surface area contributed by atoms with Gasteiger partial charge in [-0.05, 0) is 56.0 Å². The highest BCUT2D eigenvalue weighted by molar-refractivity contribution is 7.99. The van der Waals surface area contributed by atoms with Gasteiger partial charge in [0.1, 0.15) is 11.9 Å². The molecule has 0 radical (unpaired) electrons. The molecule has 3 aromatic rings. The fraction of sp³-hybridized carbons (Fsp3) is 0.333. The van der Waals surface area contributed by atoms with Crippen molar-refractivity contribution in [3.05, 3.63) is 64.7 Å². The van der Waals surface area contributed by atoms with E-state index in [1.165, 1.54) is 28.5 Å². The molecule has 1 aromatic heterocycles. The summed E-state index contributed by atoms with van der Waals surface area (Å²) >= 11 is 1.34. The van der Waals surface area contributed by atoms with Crippen LogP contribution in [0.15, 0.2) is 58.5 Å². The number of nitrogens with one attached hydrogen (secondary N) is 2. The molecule has 33 heavy (non-hydrogen) atoms. The van der Waals surface area contributed by atoms with Gasteiger partial charge >= 0.3 is 0 Å². The van der Waals surface area contributed by atoms with Gasteiger partial charge < -0.3 is 10.6 Å². The highest BCUT2D eigenvalue weighted by Gasteiger charge is 2.22. The number of halogens is 1. The third-order valence-electron chi connectivity index (χ3n) is 5.46. The van der Waals surface area contributed by atoms with Crippen LogP contribution in [0.3, 0.4) is 0 Å². The summed E-state index contributed by atoms with van der Waals surface area (Å²) in [6, 6.07) is 12.4. The van der Waals surface area contributed by atoms with Gasteiger partial charge in [0.05, 0.1) is 16.6 Å². The summed E-state index contributed by atoms with van der Waals surface area (Å²) in [5.74, 6) is -0.214. The Morgan fingerprint density at radius 2 is 2.03 bits per heavy atom. The molecule has 172 valence electrons. The van der Waals surface area contributed by atoms with Gasteiger partial charge in [-0.3, -0.25) is 19.0 Å². The molecule has 1 atom stereocenters. The Bertz CT molecular complexity index is 1230. The molecule has 2 amide bonds. The minimum atomic E-state index is -0.479. The van der Waals surface area contributed by atoms with Crippen molar-refractivity contribution in [3.8, 4) is 5.69 Å². The van der Waals surface area contributed by atoms with E-state index in [4.69, 9.17) is 0 Å². The Kier molecular flexibility index (Phi) is 7.39. The second kappa shape index (κ2) is 10.6. The van der Waals surface area contributed by atoms with Crippen molar-refractivity contribution in [2.45, 2.75) is 43.3 Å². The van der Waals surface area contributed by atoms with E-state index in [9.17, 15) is 18.8 Å². The first-order valence-electron chi connectivity index (χ1n) is 11.0. The van der Waals surface area contributed by atoms with Crippen LogP contribution in [0.4, 0.5) is 4.39 Å². The molecule has 2 N–H and O–H groups in total. The second-order valence-electron chi connectivity index (χ2n) is 7.89. The highest BCUT2D eigenvalue weighted by atomic mass is 32.2. The van der Waals surface area contributed by atoms with Crippen LogP contribution in [-0.4, -0.2) is 39.7 Å². The van der Waals surface area contributed by atoms with Crippen LogP contribution in [0, 0.1) is 5.82 Å². The van der Waals surface area contributed by atoms with Crippen LogP contribution < -0.4 is 16.2 Å². The van der Waals surface area contributed by atoms with Gasteiger partial charge in [0.2, 0.25) is 11.8 Å². The van der Waals surface area contributed by atoms with Gasteiger partial charge in [-0.2, -0.15) is 0 Å². The van der Waals surface area contributed by atoms with Crippen LogP contribution in [0.1, 0.15) is 32.1 Å². The number of nitrogens with zero attached hydrogens (tertiary/aromatic N) is 2. The Hall–Kier alpha value is -3.20. The van der Waals surface area contributed by atoms with E-state index in [1.54, 1.807) is 30.3 Å². The fourth-order valence-electron chi connectivity index (χ4n) is 3.79. The lowest BCUT2D eigenvalue weighted by molar-refractivity contribution is -0.128. The maximum Gasteiger partial charge on any atom is 0.266 e. The molecule has 1 fully saturated rings. The topological polar surface area (TPSA) is 93.1 Å². The van der Waals surface area contributed by atoms with Crippen molar-refractivity contribution in [2.75, 3.05) is 12.3 Å². The average molecular weight is 469 g/mol. The fourth-order valence-corrected chi connectivity index (χ4v) is 4.74. The van der Waals surface area contributed by atoms with Crippen LogP contribution in [-0.2, 0) is 9.59 Å². The Morgan fingerprint density at radius 3 is 2.88 bits per heavy atom. The van der Waals surface area contributed by atoms with Gasteiger partial charge in [0.25, 0.3) is 5.56 Å². The zero-order valence-electron chi connectivity index (χ0n) is 18.1. The highest BCUT2D eigenvalue weighted by Crippen LogP contribution is 2.22. The van der Waals surface area contributed by atoms with Crippen molar-refractivity contribution in [1.82, 2.24) is 20.2 Å². The molecule has 1 saturated heterocycles. The number of aromatic nitrogens is 2. The predicted molar refractivity (Wildman–Crippen MR) is 126 cm³/mol. The molecule has 2 heterocycles. The van der Waals surface area contributed by atoms with E-state index >= 15 is 0 Å². The normalized spacial score (nSPS) is 16.3. The summed E-state index contributed by atoms with van der Waals surface area (Å²) in [6.07, 6.45) is 3.25. The van der Waals surface area contributed by atoms with E-state index in [2.05, 4.69) is 15.6 Å². The Morgan fingerprint density at radius 1 is 1.18 bits per heavy atom. The van der Waals surface area contributed by atoms with Gasteiger partial charge in [0.15, 0.2) is 5.16 Å². The van der Waals surface area contributed by atoms with Crippen molar-refractivity contribution in [2.24, 2.45) is 0 Å². The van der Waals surface area contributed by atoms with Crippen LogP contribution >= 0.6 is 11.8 Å². The maximum atomic E-state index is 13.9. The monoisotopic (exact) mass is 468 g/mol. The van der Waals surface area contributed by atoms with Crippen LogP contribution in [0.25, 0.3) is 16.6 Å². The third-order valence-corrected chi connectivity index (χ3v) is 6.49. The number of hydrogen-bond acceptors (Lipinski definition) is 5. The molecule has 7 nitrogen and oxygen atoms in total. The van der Waals surface area contributed by atoms with Crippen LogP contribution in [0.5, 0.6) is 0 Å². The smallest absolute Gasteiger partial charge is 0.266 e. The summed E-state index contributed by atoms with van der Waals surface area (Å²) < 4.78 is 15.3. The van der Waals surface area contributed by atoms with Crippen molar-refractivity contribution < 1.29 is 14.0 Å². The molecule has 1 aliphatic heterocycles. The molecule has 0 saturated carbocycles. The third kappa shape index (κ3) is 5.60. The average Bonchev–Trinajstić information content (AvgIpc) is 3.01. The Labute approximate surface area is 194 Å². The van der Waals surface area contributed by atoms with Gasteiger partial charge in [-0.1, -0.05) is 30.0 Å². The number of thioether (sulfide) groups is 1. The minimum absolute atomic E-state index is 0.130. The summed E-state index contributed by atoms with van der Waals surface area (Å²) in [7, 11) is 0. The maximum absolute atomic E-state index is 13.9. The van der Waals surface area contributed by atoms with Crippen molar-refractivity contribution in [1.29, 1.82) is 0 Å². The number of hydrogen-bond donors (Lipinski definition) is 2. The molecule has 0 bridgehead atoms. The van der Waals surface area contributed by atoms with Crippen molar-refractivity contribution in [3.63, 3.8) is 0 Å². The lowest BCUT2D eigenvalue weighted by Gasteiger charge is -2.15. The molecule has 0 spiro atoms. The molecule has 4 rings (SSSR count). The number of rotatable bonds is 7. The first-order chi connectivity index (χ1) is 16.0. The number of amides is 2. The molecule has 1 unspecified atom stereocenters. The first-order valence-corrected chi connectivity index (χ1v) is 12.0. The Balaban J connectivity index is 1.46. The van der Waals surface area contributed by atoms with E-state index in [0.29, 0.717) is 46.9 Å². The summed E-state index contributed by atoms with van der Waals surface area (Å²) in [6.45, 7) is 0.646. The zero-order valence-corrected chi connectivity index (χ0v) is 18.9. The van der Waals surface area contributed by atoms with E-state index in [0.717, 1.165) is 12.8 Å². The molecule has 0 aliphatic carbocycles. The molecule has 2 aromatic carbocycles. The minimum Gasteiger partial charge on any atom is -0.354 e. The standard InChI is InChI=1S/C24H25FN4O3S/c25-16-7-5-8-17(15-16)29-23(32)18-9-1-2-10-19(18)28-24(29)33-14-6-12-21(30)27-20-11-3-4-13-26-22(20)31/h1-2,5,7-10,15,20H,3-4,6,11-14H2,(H,26,31)(H,27,30). The lowest BCUT2D eigenvalue weighted by atomic mass is 10.1. The van der Waals surface area contributed by atoms with E-state index in [1.807, 2.05) is 6.07 Å². The number of carbonyl (C=O) groups excluding carboxylic acids is 2. The largest absolute Gasteiger partial charge is 0.354 e. The summed E-state index contributed by atoms with van der Waals surface area (Å²) in [5.41, 5.74) is 0.693. The number of para-hydroxylation sites is 1. The van der Waals surface area contributed by atoms with Crippen LogP contribution in [0.2, 0.25) is 0 Å². The van der Waals surface area contributed by atoms with E-state index < -0.39 is 11.9 Å². The first kappa shape index (κ1) is 23.0. The number of carbonyl (C=O) groups is 2. The molecule has 9 heteroatoms. The SMILES string of the molecule is O=C(CCCSc1nc2ccccc2c(=O)n1-c1cccc(F)c1)NC1CCCCNC1=O. The number of benzene rings is 2. The van der Waals surface area contributed by atoms with Gasteiger partial charge in [-0.25, -0.2) is 9.37 Å².